The van der Waals surface area contributed by atoms with Gasteiger partial charge in [-0.15, -0.1) is 0 Å². The molecule has 1 amide bonds. The van der Waals surface area contributed by atoms with Crippen molar-refractivity contribution in [1.29, 1.82) is 0 Å². The van der Waals surface area contributed by atoms with Crippen molar-refractivity contribution >= 4 is 27.7 Å². The molecule has 0 radical (unpaired) electrons. The molecule has 1 aliphatic rings. The Morgan fingerprint density at radius 3 is 3.06 bits per heavy atom. The molecule has 7 heteroatoms. The zero-order chi connectivity index (χ0) is 11.7. The van der Waals surface area contributed by atoms with Crippen LogP contribution in [0.2, 0.25) is 0 Å². The van der Waals surface area contributed by atoms with Gasteiger partial charge in [0.2, 0.25) is 5.91 Å². The maximum atomic E-state index is 12.9. The molecule has 0 spiro atoms. The predicted octanol–water partition coefficient (Wildman–Crippen LogP) is 0.821. The zero-order valence-corrected chi connectivity index (χ0v) is 10.3. The second kappa shape index (κ2) is 4.50. The lowest BCUT2D eigenvalue weighted by atomic mass is 10.2. The predicted molar refractivity (Wildman–Crippen MR) is 60.8 cm³/mol. The number of nitrogens with zero attached hydrogens (tertiary/aromatic N) is 2. The summed E-state index contributed by atoms with van der Waals surface area (Å²) in [7, 11) is 1.76. The van der Waals surface area contributed by atoms with Crippen LogP contribution in [-0.2, 0) is 11.8 Å². The molecule has 88 valence electrons. The van der Waals surface area contributed by atoms with Crippen molar-refractivity contribution in [1.82, 2.24) is 15.1 Å². The van der Waals surface area contributed by atoms with E-state index in [1.54, 1.807) is 17.8 Å². The summed E-state index contributed by atoms with van der Waals surface area (Å²) in [5, 5.41) is 9.51. The minimum Gasteiger partial charge on any atom is -0.308 e. The van der Waals surface area contributed by atoms with Gasteiger partial charge in [-0.1, -0.05) is 0 Å². The lowest BCUT2D eigenvalue weighted by Gasteiger charge is -2.08. The molecule has 0 aliphatic carbocycles. The number of halogens is 2. The Balaban J connectivity index is 1.97. The number of anilines is 1. The summed E-state index contributed by atoms with van der Waals surface area (Å²) < 4.78 is 15.2. The molecule has 2 atom stereocenters. The largest absolute Gasteiger partial charge is 0.308 e. The van der Waals surface area contributed by atoms with Crippen molar-refractivity contribution in [3.05, 3.63) is 10.7 Å². The van der Waals surface area contributed by atoms with Crippen LogP contribution in [0, 0.1) is 0 Å². The number of aromatic nitrogens is 2. The summed E-state index contributed by atoms with van der Waals surface area (Å²) in [6.45, 7) is 0.240. The van der Waals surface area contributed by atoms with Gasteiger partial charge in [-0.3, -0.25) is 9.48 Å². The number of alkyl halides is 1. The van der Waals surface area contributed by atoms with Crippen LogP contribution < -0.4 is 10.6 Å². The maximum Gasteiger partial charge on any atom is 0.242 e. The SMILES string of the molecule is Cn1nc(NC(=O)C2CC(F)CN2)cc1Br. The van der Waals surface area contributed by atoms with Gasteiger partial charge in [0, 0.05) is 26.1 Å². The first kappa shape index (κ1) is 11.5. The van der Waals surface area contributed by atoms with Gasteiger partial charge in [0.25, 0.3) is 0 Å². The standard InChI is InChI=1S/C9H12BrFN4O/c1-15-7(10)3-8(14-15)13-9(16)6-2-5(11)4-12-6/h3,5-6,12H,2,4H2,1H3,(H,13,14,16). The Bertz CT molecular complexity index is 389. The van der Waals surface area contributed by atoms with Crippen molar-refractivity contribution in [3.8, 4) is 0 Å². The Labute approximate surface area is 101 Å². The molecule has 5 nitrogen and oxygen atoms in total. The zero-order valence-electron chi connectivity index (χ0n) is 8.70. The van der Waals surface area contributed by atoms with Crippen LogP contribution in [0.5, 0.6) is 0 Å². The number of amides is 1. The summed E-state index contributed by atoms with van der Waals surface area (Å²) in [5.41, 5.74) is 0. The average molecular weight is 291 g/mol. The van der Waals surface area contributed by atoms with Gasteiger partial charge in [0.05, 0.1) is 6.04 Å². The Hall–Kier alpha value is -0.950. The van der Waals surface area contributed by atoms with E-state index < -0.39 is 12.2 Å². The molecular weight excluding hydrogens is 279 g/mol. The van der Waals surface area contributed by atoms with Crippen LogP contribution >= 0.6 is 15.9 Å². The minimum absolute atomic E-state index is 0.222. The topological polar surface area (TPSA) is 59.0 Å². The van der Waals surface area contributed by atoms with Crippen LogP contribution in [0.3, 0.4) is 0 Å². The molecule has 0 saturated carbocycles. The molecule has 1 saturated heterocycles. The highest BCUT2D eigenvalue weighted by Crippen LogP contribution is 2.16. The number of nitrogens with one attached hydrogen (secondary N) is 2. The molecule has 16 heavy (non-hydrogen) atoms. The lowest BCUT2D eigenvalue weighted by Crippen LogP contribution is -2.35. The van der Waals surface area contributed by atoms with Gasteiger partial charge in [0.1, 0.15) is 10.8 Å². The molecule has 0 aromatic carbocycles. The average Bonchev–Trinajstić information content (AvgIpc) is 2.75. The minimum atomic E-state index is -0.939. The third-order valence-corrected chi connectivity index (χ3v) is 3.21. The normalized spacial score (nSPS) is 24.7. The van der Waals surface area contributed by atoms with E-state index in [-0.39, 0.29) is 18.9 Å². The van der Waals surface area contributed by atoms with E-state index in [1.165, 1.54) is 0 Å². The van der Waals surface area contributed by atoms with Gasteiger partial charge in [-0.2, -0.15) is 5.10 Å². The number of hydrogen-bond donors (Lipinski definition) is 2. The number of carbonyl (C=O) groups is 1. The van der Waals surface area contributed by atoms with Crippen LogP contribution in [0.1, 0.15) is 6.42 Å². The Morgan fingerprint density at radius 1 is 1.81 bits per heavy atom. The van der Waals surface area contributed by atoms with Gasteiger partial charge in [-0.25, -0.2) is 4.39 Å². The highest BCUT2D eigenvalue weighted by molar-refractivity contribution is 9.10. The van der Waals surface area contributed by atoms with Gasteiger partial charge < -0.3 is 10.6 Å². The summed E-state index contributed by atoms with van der Waals surface area (Å²) in [6, 6.07) is 1.23. The Morgan fingerprint density at radius 2 is 2.56 bits per heavy atom. The molecule has 1 aliphatic heterocycles. The van der Waals surface area contributed by atoms with Crippen LogP contribution in [0.4, 0.5) is 10.2 Å². The number of rotatable bonds is 2. The quantitative estimate of drug-likeness (QED) is 0.848. The fourth-order valence-electron chi connectivity index (χ4n) is 1.61. The van der Waals surface area contributed by atoms with Crippen molar-refractivity contribution in [2.75, 3.05) is 11.9 Å². The first-order valence-corrected chi connectivity index (χ1v) is 5.73. The first-order chi connectivity index (χ1) is 7.56. The smallest absolute Gasteiger partial charge is 0.242 e. The third kappa shape index (κ3) is 2.41. The van der Waals surface area contributed by atoms with Crippen molar-refractivity contribution in [3.63, 3.8) is 0 Å². The molecule has 0 bridgehead atoms. The molecule has 1 aromatic rings. The van der Waals surface area contributed by atoms with E-state index in [4.69, 9.17) is 0 Å². The fourth-order valence-corrected chi connectivity index (χ4v) is 1.91. The number of hydrogen-bond acceptors (Lipinski definition) is 3. The van der Waals surface area contributed by atoms with E-state index in [9.17, 15) is 9.18 Å². The molecule has 2 heterocycles. The van der Waals surface area contributed by atoms with Gasteiger partial charge in [0.15, 0.2) is 5.82 Å². The van der Waals surface area contributed by atoms with Crippen LogP contribution in [0.25, 0.3) is 0 Å². The maximum absolute atomic E-state index is 12.9. The van der Waals surface area contributed by atoms with Crippen molar-refractivity contribution in [2.24, 2.45) is 7.05 Å². The summed E-state index contributed by atoms with van der Waals surface area (Å²) >= 11 is 3.27. The Kier molecular flexibility index (Phi) is 3.25. The highest BCUT2D eigenvalue weighted by atomic mass is 79.9. The van der Waals surface area contributed by atoms with E-state index in [0.717, 1.165) is 4.60 Å². The molecule has 2 unspecified atom stereocenters. The first-order valence-electron chi connectivity index (χ1n) is 4.94. The second-order valence-electron chi connectivity index (χ2n) is 3.76. The van der Waals surface area contributed by atoms with Crippen LogP contribution in [0.15, 0.2) is 10.7 Å². The van der Waals surface area contributed by atoms with E-state index in [2.05, 4.69) is 31.7 Å². The molecular formula is C9H12BrFN4O. The van der Waals surface area contributed by atoms with Gasteiger partial charge >= 0.3 is 0 Å². The third-order valence-electron chi connectivity index (χ3n) is 2.47. The van der Waals surface area contributed by atoms with Gasteiger partial charge in [-0.05, 0) is 15.9 Å². The van der Waals surface area contributed by atoms with Crippen molar-refractivity contribution in [2.45, 2.75) is 18.6 Å². The number of carbonyl (C=O) groups excluding carboxylic acids is 1. The van der Waals surface area contributed by atoms with E-state index in [0.29, 0.717) is 5.82 Å². The van der Waals surface area contributed by atoms with E-state index >= 15 is 0 Å². The van der Waals surface area contributed by atoms with Crippen LogP contribution in [-0.4, -0.2) is 34.4 Å². The lowest BCUT2D eigenvalue weighted by molar-refractivity contribution is -0.117. The summed E-state index contributed by atoms with van der Waals surface area (Å²) in [6.07, 6.45) is -0.717. The monoisotopic (exact) mass is 290 g/mol. The molecule has 2 rings (SSSR count). The molecule has 2 N–H and O–H groups in total. The van der Waals surface area contributed by atoms with E-state index in [1.807, 2.05) is 0 Å². The molecule has 1 fully saturated rings. The molecule has 1 aromatic heterocycles. The summed E-state index contributed by atoms with van der Waals surface area (Å²) in [5.74, 6) is 0.217. The second-order valence-corrected chi connectivity index (χ2v) is 4.57. The number of aryl methyl sites for hydroxylation is 1. The fraction of sp³-hybridized carbons (Fsp3) is 0.556. The van der Waals surface area contributed by atoms with Crippen molar-refractivity contribution < 1.29 is 9.18 Å². The highest BCUT2D eigenvalue weighted by Gasteiger charge is 2.29. The summed E-state index contributed by atoms with van der Waals surface area (Å²) in [4.78, 5) is 11.7.